The molecule has 2 rings (SSSR count). The zero-order chi connectivity index (χ0) is 10.8. The molecule has 0 amide bonds. The van der Waals surface area contributed by atoms with E-state index in [9.17, 15) is 0 Å². The van der Waals surface area contributed by atoms with Gasteiger partial charge in [0.25, 0.3) is 0 Å². The lowest BCUT2D eigenvalue weighted by atomic mass is 10.3. The summed E-state index contributed by atoms with van der Waals surface area (Å²) in [5.74, 6) is 0. The number of nitrogens with zero attached hydrogens (tertiary/aromatic N) is 1. The zero-order valence-electron chi connectivity index (χ0n) is 8.16. The minimum Gasteiger partial charge on any atom is -0.396 e. The van der Waals surface area contributed by atoms with Crippen molar-refractivity contribution in [2.45, 2.75) is 13.3 Å². The number of thiazole rings is 1. The maximum Gasteiger partial charge on any atom is 0.133 e. The molecule has 0 saturated heterocycles. The van der Waals surface area contributed by atoms with Crippen LogP contribution in [0.1, 0.15) is 10.6 Å². The Morgan fingerprint density at radius 3 is 2.80 bits per heavy atom. The fourth-order valence-electron chi connectivity index (χ4n) is 1.30. The van der Waals surface area contributed by atoms with Crippen molar-refractivity contribution in [3.8, 4) is 9.88 Å². The van der Waals surface area contributed by atoms with Crippen molar-refractivity contribution in [1.29, 1.82) is 0 Å². The van der Waals surface area contributed by atoms with E-state index in [0.29, 0.717) is 6.42 Å². The van der Waals surface area contributed by atoms with Gasteiger partial charge in [-0.3, -0.25) is 0 Å². The molecule has 2 aromatic heterocycles. The summed E-state index contributed by atoms with van der Waals surface area (Å²) >= 11 is 9.04. The number of aliphatic hydroxyl groups is 1. The van der Waals surface area contributed by atoms with Crippen LogP contribution in [0.2, 0.25) is 4.34 Å². The molecule has 0 unspecified atom stereocenters. The van der Waals surface area contributed by atoms with Crippen LogP contribution in [0.3, 0.4) is 0 Å². The predicted octanol–water partition coefficient (Wildman–Crippen LogP) is 3.37. The van der Waals surface area contributed by atoms with Crippen LogP contribution in [-0.4, -0.2) is 16.7 Å². The second-order valence-electron chi connectivity index (χ2n) is 3.10. The van der Waals surface area contributed by atoms with E-state index in [1.54, 1.807) is 11.3 Å². The summed E-state index contributed by atoms with van der Waals surface area (Å²) in [4.78, 5) is 6.72. The SMILES string of the molecule is Cc1nc(-c2ccc(Cl)s2)sc1CCO. The highest BCUT2D eigenvalue weighted by Gasteiger charge is 2.10. The van der Waals surface area contributed by atoms with Crippen molar-refractivity contribution in [2.75, 3.05) is 6.61 Å². The number of aliphatic hydroxyl groups excluding tert-OH is 1. The first-order valence-corrected chi connectivity index (χ1v) is 6.54. The normalized spacial score (nSPS) is 10.9. The van der Waals surface area contributed by atoms with E-state index in [2.05, 4.69) is 4.98 Å². The van der Waals surface area contributed by atoms with Gasteiger partial charge in [0, 0.05) is 17.9 Å². The molecular weight excluding hydrogens is 250 g/mol. The number of rotatable bonds is 3. The molecular formula is C10H10ClNOS2. The Labute approximate surface area is 101 Å². The van der Waals surface area contributed by atoms with Gasteiger partial charge in [-0.05, 0) is 19.1 Å². The Bertz CT molecular complexity index is 464. The van der Waals surface area contributed by atoms with Crippen molar-refractivity contribution in [1.82, 2.24) is 4.98 Å². The van der Waals surface area contributed by atoms with Crippen LogP contribution in [0.25, 0.3) is 9.88 Å². The molecule has 2 heterocycles. The van der Waals surface area contributed by atoms with Crippen molar-refractivity contribution < 1.29 is 5.11 Å². The van der Waals surface area contributed by atoms with Gasteiger partial charge in [0.05, 0.1) is 14.9 Å². The molecule has 0 aliphatic heterocycles. The van der Waals surface area contributed by atoms with E-state index in [-0.39, 0.29) is 6.61 Å². The summed E-state index contributed by atoms with van der Waals surface area (Å²) in [5.41, 5.74) is 1.01. The third kappa shape index (κ3) is 2.39. The van der Waals surface area contributed by atoms with Gasteiger partial charge in [-0.2, -0.15) is 0 Å². The lowest BCUT2D eigenvalue weighted by Crippen LogP contribution is -1.88. The van der Waals surface area contributed by atoms with E-state index in [4.69, 9.17) is 16.7 Å². The molecule has 0 aromatic carbocycles. The van der Waals surface area contributed by atoms with E-state index < -0.39 is 0 Å². The highest BCUT2D eigenvalue weighted by atomic mass is 35.5. The highest BCUT2D eigenvalue weighted by Crippen LogP contribution is 2.34. The van der Waals surface area contributed by atoms with Gasteiger partial charge < -0.3 is 5.11 Å². The molecule has 0 saturated carbocycles. The molecule has 0 radical (unpaired) electrons. The molecule has 0 aliphatic carbocycles. The van der Waals surface area contributed by atoms with Gasteiger partial charge in [-0.25, -0.2) is 4.98 Å². The summed E-state index contributed by atoms with van der Waals surface area (Å²) in [5, 5.41) is 9.88. The molecule has 2 nitrogen and oxygen atoms in total. The smallest absolute Gasteiger partial charge is 0.133 e. The summed E-state index contributed by atoms with van der Waals surface area (Å²) in [6, 6.07) is 3.86. The molecule has 0 fully saturated rings. The Balaban J connectivity index is 2.33. The first-order valence-electron chi connectivity index (χ1n) is 4.53. The van der Waals surface area contributed by atoms with Crippen molar-refractivity contribution in [2.24, 2.45) is 0 Å². The first-order chi connectivity index (χ1) is 7.20. The number of thiophene rings is 1. The average Bonchev–Trinajstić information content (AvgIpc) is 2.75. The molecule has 0 bridgehead atoms. The third-order valence-corrected chi connectivity index (χ3v) is 4.63. The van der Waals surface area contributed by atoms with Crippen LogP contribution in [-0.2, 0) is 6.42 Å². The standard InChI is InChI=1S/C10H10ClNOS2/c1-6-7(4-5-13)15-10(12-6)8-2-3-9(11)14-8/h2-3,13H,4-5H2,1H3. The van der Waals surface area contributed by atoms with Gasteiger partial charge in [0.2, 0.25) is 0 Å². The topological polar surface area (TPSA) is 33.1 Å². The van der Waals surface area contributed by atoms with E-state index >= 15 is 0 Å². The fourth-order valence-corrected chi connectivity index (χ4v) is 3.45. The van der Waals surface area contributed by atoms with E-state index in [0.717, 1.165) is 24.8 Å². The third-order valence-electron chi connectivity index (χ3n) is 2.02. The second-order valence-corrected chi connectivity index (χ2v) is 5.90. The van der Waals surface area contributed by atoms with Gasteiger partial charge >= 0.3 is 0 Å². The Kier molecular flexibility index (Phi) is 3.41. The minimum absolute atomic E-state index is 0.174. The largest absolute Gasteiger partial charge is 0.396 e. The lowest BCUT2D eigenvalue weighted by Gasteiger charge is -1.90. The maximum atomic E-state index is 8.89. The second kappa shape index (κ2) is 4.61. The Morgan fingerprint density at radius 2 is 2.20 bits per heavy atom. The molecule has 2 aromatic rings. The van der Waals surface area contributed by atoms with Crippen LogP contribution in [0.5, 0.6) is 0 Å². The molecule has 15 heavy (non-hydrogen) atoms. The Hall–Kier alpha value is -0.420. The van der Waals surface area contributed by atoms with Gasteiger partial charge in [0.15, 0.2) is 0 Å². The molecule has 0 aliphatic rings. The van der Waals surface area contributed by atoms with Crippen LogP contribution in [0, 0.1) is 6.92 Å². The van der Waals surface area contributed by atoms with Gasteiger partial charge in [-0.1, -0.05) is 11.6 Å². The number of aryl methyl sites for hydroxylation is 1. The molecule has 0 spiro atoms. The summed E-state index contributed by atoms with van der Waals surface area (Å²) in [7, 11) is 0. The van der Waals surface area contributed by atoms with Gasteiger partial charge in [0.1, 0.15) is 5.01 Å². The molecule has 0 atom stereocenters. The van der Waals surface area contributed by atoms with Crippen LogP contribution < -0.4 is 0 Å². The lowest BCUT2D eigenvalue weighted by molar-refractivity contribution is 0.300. The number of hydrogen-bond acceptors (Lipinski definition) is 4. The Morgan fingerprint density at radius 1 is 1.40 bits per heavy atom. The van der Waals surface area contributed by atoms with Crippen molar-refractivity contribution >= 4 is 34.3 Å². The van der Waals surface area contributed by atoms with Crippen LogP contribution in [0.15, 0.2) is 12.1 Å². The van der Waals surface area contributed by atoms with E-state index in [1.807, 2.05) is 19.1 Å². The first kappa shape index (κ1) is 11.1. The average molecular weight is 260 g/mol. The number of aromatic nitrogens is 1. The number of hydrogen-bond donors (Lipinski definition) is 1. The van der Waals surface area contributed by atoms with E-state index in [1.165, 1.54) is 11.3 Å². The van der Waals surface area contributed by atoms with Crippen LogP contribution >= 0.6 is 34.3 Å². The zero-order valence-corrected chi connectivity index (χ0v) is 10.5. The molecule has 5 heteroatoms. The van der Waals surface area contributed by atoms with Gasteiger partial charge in [-0.15, -0.1) is 22.7 Å². The monoisotopic (exact) mass is 259 g/mol. The molecule has 80 valence electrons. The quantitative estimate of drug-likeness (QED) is 0.917. The van der Waals surface area contributed by atoms with Crippen molar-refractivity contribution in [3.05, 3.63) is 27.0 Å². The number of halogens is 1. The summed E-state index contributed by atoms with van der Waals surface area (Å²) < 4.78 is 0.779. The summed E-state index contributed by atoms with van der Waals surface area (Å²) in [6.45, 7) is 2.15. The summed E-state index contributed by atoms with van der Waals surface area (Å²) in [6.07, 6.45) is 0.683. The highest BCUT2D eigenvalue weighted by molar-refractivity contribution is 7.23. The maximum absolute atomic E-state index is 8.89. The van der Waals surface area contributed by atoms with Crippen molar-refractivity contribution in [3.63, 3.8) is 0 Å². The fraction of sp³-hybridized carbons (Fsp3) is 0.300. The molecule has 1 N–H and O–H groups in total. The predicted molar refractivity (Wildman–Crippen MR) is 66.0 cm³/mol. The van der Waals surface area contributed by atoms with Crippen LogP contribution in [0.4, 0.5) is 0 Å². The minimum atomic E-state index is 0.174.